The molecule has 2 amide bonds. The number of carboxylic acids is 1. The Kier molecular flexibility index (Phi) is 5.89. The normalized spacial score (nSPS) is 10.2. The molecule has 0 radical (unpaired) electrons. The molecule has 1 rings (SSSR count). The summed E-state index contributed by atoms with van der Waals surface area (Å²) in [6.45, 7) is 2.44. The number of nitrogens with one attached hydrogen (secondary N) is 2. The number of urea groups is 1. The lowest BCUT2D eigenvalue weighted by atomic mass is 10.1. The zero-order chi connectivity index (χ0) is 15.1. The number of aromatic carboxylic acids is 1. The van der Waals surface area contributed by atoms with Crippen LogP contribution in [0.1, 0.15) is 36.5 Å². The van der Waals surface area contributed by atoms with Gasteiger partial charge in [0.2, 0.25) is 0 Å². The second-order valence-corrected chi connectivity index (χ2v) is 4.21. The molecule has 0 unspecified atom stereocenters. The van der Waals surface area contributed by atoms with E-state index in [1.54, 1.807) is 0 Å². The zero-order valence-electron chi connectivity index (χ0n) is 11.0. The van der Waals surface area contributed by atoms with Gasteiger partial charge in [-0.2, -0.15) is 0 Å². The number of rotatable bonds is 6. The summed E-state index contributed by atoms with van der Waals surface area (Å²) in [7, 11) is 0. The molecule has 0 aliphatic heterocycles. The maximum atomic E-state index is 13.1. The van der Waals surface area contributed by atoms with Gasteiger partial charge in [-0.25, -0.2) is 18.4 Å². The Labute approximate surface area is 115 Å². The minimum Gasteiger partial charge on any atom is -0.478 e. The quantitative estimate of drug-likeness (QED) is 0.703. The summed E-state index contributed by atoms with van der Waals surface area (Å²) in [6.07, 6.45) is 2.73. The van der Waals surface area contributed by atoms with Crippen LogP contribution in [0.2, 0.25) is 0 Å². The minimum absolute atomic E-state index is 0.288. The molecule has 0 aliphatic rings. The highest BCUT2D eigenvalue weighted by Gasteiger charge is 2.16. The summed E-state index contributed by atoms with van der Waals surface area (Å²) in [5, 5.41) is 13.6. The largest absolute Gasteiger partial charge is 0.478 e. The molecule has 0 saturated carbocycles. The van der Waals surface area contributed by atoms with Crippen LogP contribution in [0.4, 0.5) is 19.3 Å². The Bertz CT molecular complexity index is 507. The maximum absolute atomic E-state index is 13.1. The summed E-state index contributed by atoms with van der Waals surface area (Å²) in [5.74, 6) is -3.96. The lowest BCUT2D eigenvalue weighted by Gasteiger charge is -2.10. The zero-order valence-corrected chi connectivity index (χ0v) is 11.0. The van der Waals surface area contributed by atoms with Crippen LogP contribution in [-0.4, -0.2) is 23.7 Å². The molecule has 0 fully saturated rings. The molecule has 0 aromatic heterocycles. The Morgan fingerprint density at radius 3 is 2.45 bits per heavy atom. The monoisotopic (exact) mass is 286 g/mol. The molecule has 1 aromatic carbocycles. The van der Waals surface area contributed by atoms with Crippen LogP contribution in [0.25, 0.3) is 0 Å². The number of carbonyl (C=O) groups excluding carboxylic acids is 1. The van der Waals surface area contributed by atoms with E-state index in [2.05, 4.69) is 10.6 Å². The van der Waals surface area contributed by atoms with Gasteiger partial charge in [-0.3, -0.25) is 0 Å². The molecule has 110 valence electrons. The first-order chi connectivity index (χ1) is 9.45. The number of halogens is 2. The van der Waals surface area contributed by atoms with Crippen LogP contribution in [0.3, 0.4) is 0 Å². The van der Waals surface area contributed by atoms with E-state index in [0.29, 0.717) is 18.7 Å². The first kappa shape index (κ1) is 15.9. The lowest BCUT2D eigenvalue weighted by Crippen LogP contribution is -2.30. The van der Waals surface area contributed by atoms with E-state index in [1.165, 1.54) is 0 Å². The van der Waals surface area contributed by atoms with E-state index < -0.39 is 29.2 Å². The van der Waals surface area contributed by atoms with Crippen LogP contribution in [0.15, 0.2) is 12.1 Å². The van der Waals surface area contributed by atoms with E-state index in [9.17, 15) is 18.4 Å². The van der Waals surface area contributed by atoms with Crippen LogP contribution >= 0.6 is 0 Å². The van der Waals surface area contributed by atoms with Crippen LogP contribution in [0, 0.1) is 11.6 Å². The van der Waals surface area contributed by atoms with Crippen molar-refractivity contribution in [3.8, 4) is 0 Å². The Morgan fingerprint density at radius 2 is 1.85 bits per heavy atom. The van der Waals surface area contributed by atoms with Gasteiger partial charge >= 0.3 is 12.0 Å². The number of hydrogen-bond acceptors (Lipinski definition) is 2. The number of benzene rings is 1. The summed E-state index contributed by atoms with van der Waals surface area (Å²) in [5.41, 5.74) is -0.794. The Balaban J connectivity index is 2.73. The lowest BCUT2D eigenvalue weighted by molar-refractivity contribution is 0.0697. The van der Waals surface area contributed by atoms with Gasteiger partial charge in [0.1, 0.15) is 0 Å². The fraction of sp³-hybridized carbons (Fsp3) is 0.385. The van der Waals surface area contributed by atoms with E-state index in [1.807, 2.05) is 6.92 Å². The molecule has 7 heteroatoms. The summed E-state index contributed by atoms with van der Waals surface area (Å²) in [4.78, 5) is 22.4. The molecule has 0 spiro atoms. The van der Waals surface area contributed by atoms with Gasteiger partial charge in [0.25, 0.3) is 0 Å². The van der Waals surface area contributed by atoms with Gasteiger partial charge in [-0.05, 0) is 12.5 Å². The van der Waals surface area contributed by atoms with Gasteiger partial charge < -0.3 is 15.7 Å². The van der Waals surface area contributed by atoms with E-state index in [0.717, 1.165) is 19.3 Å². The summed E-state index contributed by atoms with van der Waals surface area (Å²) >= 11 is 0. The standard InChI is InChI=1S/C13H16F2N2O3/c1-2-3-4-5-16-13(20)17-11-7-10(15)9(14)6-8(11)12(18)19/h6-7H,2-5H2,1H3,(H,18,19)(H2,16,17,20). The SMILES string of the molecule is CCCCCNC(=O)Nc1cc(F)c(F)cc1C(=O)O. The fourth-order valence-electron chi connectivity index (χ4n) is 1.57. The third-order valence-corrected chi connectivity index (χ3v) is 2.60. The van der Waals surface area contributed by atoms with Crippen molar-refractivity contribution in [2.24, 2.45) is 0 Å². The van der Waals surface area contributed by atoms with Crippen molar-refractivity contribution in [3.05, 3.63) is 29.3 Å². The fourth-order valence-corrected chi connectivity index (χ4v) is 1.57. The number of anilines is 1. The molecule has 0 bridgehead atoms. The number of hydrogen-bond donors (Lipinski definition) is 3. The molecule has 3 N–H and O–H groups in total. The van der Waals surface area contributed by atoms with Crippen LogP contribution in [0.5, 0.6) is 0 Å². The molecular formula is C13H16F2N2O3. The highest BCUT2D eigenvalue weighted by molar-refractivity contribution is 6.00. The van der Waals surface area contributed by atoms with Crippen molar-refractivity contribution in [3.63, 3.8) is 0 Å². The van der Waals surface area contributed by atoms with Gasteiger partial charge in [0.05, 0.1) is 11.3 Å². The summed E-state index contributed by atoms with van der Waals surface area (Å²) in [6, 6.07) is 0.518. The molecular weight excluding hydrogens is 270 g/mol. The number of carboxylic acid groups (broad SMARTS) is 1. The van der Waals surface area contributed by atoms with Crippen molar-refractivity contribution in [1.29, 1.82) is 0 Å². The number of carbonyl (C=O) groups is 2. The average molecular weight is 286 g/mol. The average Bonchev–Trinajstić information content (AvgIpc) is 2.38. The maximum Gasteiger partial charge on any atom is 0.337 e. The predicted molar refractivity (Wildman–Crippen MR) is 69.9 cm³/mol. The first-order valence-electron chi connectivity index (χ1n) is 6.23. The molecule has 0 atom stereocenters. The van der Waals surface area contributed by atoms with Crippen molar-refractivity contribution in [1.82, 2.24) is 5.32 Å². The molecule has 5 nitrogen and oxygen atoms in total. The van der Waals surface area contributed by atoms with Crippen molar-refractivity contribution in [2.75, 3.05) is 11.9 Å². The number of amides is 2. The topological polar surface area (TPSA) is 78.4 Å². The van der Waals surface area contributed by atoms with Gasteiger partial charge in [0, 0.05) is 12.6 Å². The Hall–Kier alpha value is -2.18. The Morgan fingerprint density at radius 1 is 1.20 bits per heavy atom. The van der Waals surface area contributed by atoms with E-state index in [4.69, 9.17) is 5.11 Å². The third kappa shape index (κ3) is 4.49. The van der Waals surface area contributed by atoms with Crippen molar-refractivity contribution in [2.45, 2.75) is 26.2 Å². The van der Waals surface area contributed by atoms with Crippen LogP contribution in [-0.2, 0) is 0 Å². The molecule has 1 aromatic rings. The van der Waals surface area contributed by atoms with Crippen molar-refractivity contribution >= 4 is 17.7 Å². The van der Waals surface area contributed by atoms with E-state index >= 15 is 0 Å². The van der Waals surface area contributed by atoms with Gasteiger partial charge in [0.15, 0.2) is 11.6 Å². The molecule has 20 heavy (non-hydrogen) atoms. The predicted octanol–water partition coefficient (Wildman–Crippen LogP) is 2.97. The highest BCUT2D eigenvalue weighted by Crippen LogP contribution is 2.20. The van der Waals surface area contributed by atoms with Gasteiger partial charge in [-0.15, -0.1) is 0 Å². The number of unbranched alkanes of at least 4 members (excludes halogenated alkanes) is 2. The van der Waals surface area contributed by atoms with Crippen molar-refractivity contribution < 1.29 is 23.5 Å². The smallest absolute Gasteiger partial charge is 0.337 e. The molecule has 0 heterocycles. The second kappa shape index (κ2) is 7.42. The second-order valence-electron chi connectivity index (χ2n) is 4.21. The third-order valence-electron chi connectivity index (χ3n) is 2.60. The van der Waals surface area contributed by atoms with Gasteiger partial charge in [-0.1, -0.05) is 19.8 Å². The van der Waals surface area contributed by atoms with E-state index in [-0.39, 0.29) is 5.69 Å². The first-order valence-corrected chi connectivity index (χ1v) is 6.23. The van der Waals surface area contributed by atoms with Crippen LogP contribution < -0.4 is 10.6 Å². The highest BCUT2D eigenvalue weighted by atomic mass is 19.2. The summed E-state index contributed by atoms with van der Waals surface area (Å²) < 4.78 is 26.1. The molecule has 0 saturated heterocycles. The molecule has 0 aliphatic carbocycles. The minimum atomic E-state index is -1.45.